The predicted octanol–water partition coefficient (Wildman–Crippen LogP) is 1.72. The van der Waals surface area contributed by atoms with Crippen LogP contribution < -0.4 is 11.1 Å². The number of nitrogens with two attached hydrogens (primary N) is 1. The summed E-state index contributed by atoms with van der Waals surface area (Å²) in [4.78, 5) is 6.83. The minimum Gasteiger partial charge on any atom is -0.379 e. The normalized spacial score (nSPS) is 16.7. The van der Waals surface area contributed by atoms with Crippen molar-refractivity contribution in [2.75, 3.05) is 32.8 Å². The highest BCUT2D eigenvalue weighted by molar-refractivity contribution is 5.77. The van der Waals surface area contributed by atoms with Gasteiger partial charge in [0.05, 0.1) is 19.8 Å². The van der Waals surface area contributed by atoms with E-state index >= 15 is 0 Å². The van der Waals surface area contributed by atoms with Crippen LogP contribution >= 0.6 is 0 Å². The molecule has 2 rings (SSSR count). The highest BCUT2D eigenvalue weighted by Gasteiger charge is 2.10. The van der Waals surface area contributed by atoms with Gasteiger partial charge in [0.15, 0.2) is 5.96 Å². The first-order valence-electron chi connectivity index (χ1n) is 8.19. The van der Waals surface area contributed by atoms with Crippen molar-refractivity contribution in [3.63, 3.8) is 0 Å². The van der Waals surface area contributed by atoms with Crippen molar-refractivity contribution in [1.29, 1.82) is 0 Å². The smallest absolute Gasteiger partial charge is 0.188 e. The second kappa shape index (κ2) is 9.43. The Labute approximate surface area is 133 Å². The lowest BCUT2D eigenvalue weighted by atomic mass is 10.1. The number of aliphatic imine (C=N–C) groups is 1. The van der Waals surface area contributed by atoms with Crippen molar-refractivity contribution < 1.29 is 4.74 Å². The molecular weight excluding hydrogens is 276 g/mol. The molecular formula is C17H28N4O. The lowest BCUT2D eigenvalue weighted by molar-refractivity contribution is 0.0342. The molecule has 3 N–H and O–H groups in total. The van der Waals surface area contributed by atoms with Crippen molar-refractivity contribution in [1.82, 2.24) is 10.2 Å². The number of hydrogen-bond acceptors (Lipinski definition) is 3. The van der Waals surface area contributed by atoms with Crippen LogP contribution in [0.4, 0.5) is 0 Å². The molecule has 5 heteroatoms. The van der Waals surface area contributed by atoms with E-state index in [0.29, 0.717) is 12.5 Å². The summed E-state index contributed by atoms with van der Waals surface area (Å²) in [5.41, 5.74) is 8.39. The quantitative estimate of drug-likeness (QED) is 0.457. The van der Waals surface area contributed by atoms with Crippen LogP contribution in [0.1, 0.15) is 30.9 Å². The Morgan fingerprint density at radius 1 is 1.32 bits per heavy atom. The van der Waals surface area contributed by atoms with Crippen LogP contribution in [0.2, 0.25) is 0 Å². The first-order valence-corrected chi connectivity index (χ1v) is 8.19. The lowest BCUT2D eigenvalue weighted by Crippen LogP contribution is -2.35. The maximum atomic E-state index is 5.87. The van der Waals surface area contributed by atoms with E-state index in [1.165, 1.54) is 11.1 Å². The van der Waals surface area contributed by atoms with Gasteiger partial charge in [-0.05, 0) is 17.5 Å². The standard InChI is InChI=1S/C17H28N4O/c1-2-3-7-19-17(18)20-13-15-5-4-6-16(12-15)14-21-8-10-22-11-9-21/h4-6,12H,2-3,7-11,13-14H2,1H3,(H3,18,19,20). The summed E-state index contributed by atoms with van der Waals surface area (Å²) in [5.74, 6) is 0.534. The second-order valence-electron chi connectivity index (χ2n) is 5.69. The largest absolute Gasteiger partial charge is 0.379 e. The van der Waals surface area contributed by atoms with E-state index in [1.54, 1.807) is 0 Å². The maximum absolute atomic E-state index is 5.87. The number of hydrogen-bond donors (Lipinski definition) is 2. The molecule has 0 bridgehead atoms. The molecule has 0 saturated carbocycles. The number of benzene rings is 1. The Hall–Kier alpha value is -1.59. The molecule has 0 aliphatic carbocycles. The number of nitrogens with zero attached hydrogens (tertiary/aromatic N) is 2. The number of guanidine groups is 1. The molecule has 5 nitrogen and oxygen atoms in total. The number of rotatable bonds is 7. The van der Waals surface area contributed by atoms with Crippen molar-refractivity contribution in [2.45, 2.75) is 32.9 Å². The van der Waals surface area contributed by atoms with E-state index in [1.807, 2.05) is 0 Å². The minimum absolute atomic E-state index is 0.534. The summed E-state index contributed by atoms with van der Waals surface area (Å²) in [5, 5.41) is 3.14. The Balaban J connectivity index is 1.83. The van der Waals surface area contributed by atoms with E-state index < -0.39 is 0 Å². The highest BCUT2D eigenvalue weighted by Crippen LogP contribution is 2.10. The first kappa shape index (κ1) is 16.8. The highest BCUT2D eigenvalue weighted by atomic mass is 16.5. The van der Waals surface area contributed by atoms with E-state index in [-0.39, 0.29) is 0 Å². The molecule has 1 aromatic rings. The SMILES string of the molecule is CCCCNC(N)=NCc1cccc(CN2CCOCC2)c1. The summed E-state index contributed by atoms with van der Waals surface area (Å²) in [7, 11) is 0. The Morgan fingerprint density at radius 2 is 2.09 bits per heavy atom. The van der Waals surface area contributed by atoms with Crippen LogP contribution in [-0.4, -0.2) is 43.7 Å². The van der Waals surface area contributed by atoms with Crippen LogP contribution in [-0.2, 0) is 17.8 Å². The molecule has 1 heterocycles. The summed E-state index contributed by atoms with van der Waals surface area (Å²) in [6.45, 7) is 8.35. The summed E-state index contributed by atoms with van der Waals surface area (Å²) in [6.07, 6.45) is 2.27. The lowest BCUT2D eigenvalue weighted by Gasteiger charge is -2.26. The van der Waals surface area contributed by atoms with Crippen LogP contribution in [0.5, 0.6) is 0 Å². The van der Waals surface area contributed by atoms with Crippen molar-refractivity contribution in [2.24, 2.45) is 10.7 Å². The molecule has 1 fully saturated rings. The van der Waals surface area contributed by atoms with E-state index in [4.69, 9.17) is 10.5 Å². The average Bonchev–Trinajstić information content (AvgIpc) is 2.55. The van der Waals surface area contributed by atoms with E-state index in [0.717, 1.165) is 52.2 Å². The van der Waals surface area contributed by atoms with Gasteiger partial charge in [0.25, 0.3) is 0 Å². The van der Waals surface area contributed by atoms with Crippen LogP contribution in [0, 0.1) is 0 Å². The van der Waals surface area contributed by atoms with Gasteiger partial charge in [-0.15, -0.1) is 0 Å². The summed E-state index contributed by atoms with van der Waals surface area (Å²) < 4.78 is 5.39. The molecule has 1 saturated heterocycles. The topological polar surface area (TPSA) is 62.9 Å². The van der Waals surface area contributed by atoms with Gasteiger partial charge in [-0.1, -0.05) is 37.6 Å². The molecule has 22 heavy (non-hydrogen) atoms. The van der Waals surface area contributed by atoms with Crippen LogP contribution in [0.3, 0.4) is 0 Å². The van der Waals surface area contributed by atoms with Crippen LogP contribution in [0.15, 0.2) is 29.3 Å². The Morgan fingerprint density at radius 3 is 2.86 bits per heavy atom. The third-order valence-corrected chi connectivity index (χ3v) is 3.77. The summed E-state index contributed by atoms with van der Waals surface area (Å²) >= 11 is 0. The maximum Gasteiger partial charge on any atom is 0.188 e. The number of unbranched alkanes of at least 4 members (excludes halogenated alkanes) is 1. The monoisotopic (exact) mass is 304 g/mol. The molecule has 0 unspecified atom stereocenters. The molecule has 0 amide bonds. The zero-order chi connectivity index (χ0) is 15.6. The van der Waals surface area contributed by atoms with E-state index in [2.05, 4.69) is 46.4 Å². The Bertz CT molecular complexity index is 469. The fourth-order valence-corrected chi connectivity index (χ4v) is 2.47. The molecule has 0 spiro atoms. The molecule has 1 aromatic carbocycles. The summed E-state index contributed by atoms with van der Waals surface area (Å²) in [6, 6.07) is 8.59. The van der Waals surface area contributed by atoms with Crippen LogP contribution in [0.25, 0.3) is 0 Å². The second-order valence-corrected chi connectivity index (χ2v) is 5.69. The van der Waals surface area contributed by atoms with Gasteiger partial charge in [0.1, 0.15) is 0 Å². The zero-order valence-corrected chi connectivity index (χ0v) is 13.6. The van der Waals surface area contributed by atoms with Gasteiger partial charge in [-0.3, -0.25) is 4.90 Å². The molecule has 1 aliphatic heterocycles. The van der Waals surface area contributed by atoms with Gasteiger partial charge >= 0.3 is 0 Å². The van der Waals surface area contributed by atoms with Crippen molar-refractivity contribution in [3.05, 3.63) is 35.4 Å². The molecule has 122 valence electrons. The van der Waals surface area contributed by atoms with Gasteiger partial charge in [0, 0.05) is 26.2 Å². The fourth-order valence-electron chi connectivity index (χ4n) is 2.47. The third kappa shape index (κ3) is 6.03. The van der Waals surface area contributed by atoms with Crippen molar-refractivity contribution in [3.8, 4) is 0 Å². The predicted molar refractivity (Wildman–Crippen MR) is 90.8 cm³/mol. The zero-order valence-electron chi connectivity index (χ0n) is 13.6. The molecule has 1 aliphatic rings. The number of morpholine rings is 1. The van der Waals surface area contributed by atoms with Gasteiger partial charge in [-0.25, -0.2) is 4.99 Å². The van der Waals surface area contributed by atoms with E-state index in [9.17, 15) is 0 Å². The third-order valence-electron chi connectivity index (χ3n) is 3.77. The molecule has 0 atom stereocenters. The number of nitrogens with one attached hydrogen (secondary N) is 1. The van der Waals surface area contributed by atoms with Gasteiger partial charge in [0.2, 0.25) is 0 Å². The minimum atomic E-state index is 0.534. The Kier molecular flexibility index (Phi) is 7.19. The number of ether oxygens (including phenoxy) is 1. The molecule has 0 aromatic heterocycles. The van der Waals surface area contributed by atoms with Gasteiger partial charge in [-0.2, -0.15) is 0 Å². The molecule has 0 radical (unpaired) electrons. The van der Waals surface area contributed by atoms with Crippen molar-refractivity contribution >= 4 is 5.96 Å². The first-order chi connectivity index (χ1) is 10.8. The van der Waals surface area contributed by atoms with Gasteiger partial charge < -0.3 is 15.8 Å². The average molecular weight is 304 g/mol. The fraction of sp³-hybridized carbons (Fsp3) is 0.588.